The normalized spacial score (nSPS) is 18.4. The quantitative estimate of drug-likeness (QED) is 0.782. The van der Waals surface area contributed by atoms with E-state index in [2.05, 4.69) is 36.6 Å². The fourth-order valence-corrected chi connectivity index (χ4v) is 3.73. The van der Waals surface area contributed by atoms with Crippen LogP contribution in [0.3, 0.4) is 0 Å². The highest BCUT2D eigenvalue weighted by Crippen LogP contribution is 2.17. The lowest BCUT2D eigenvalue weighted by Crippen LogP contribution is -2.48. The Balaban J connectivity index is 1.33. The van der Waals surface area contributed by atoms with Crippen molar-refractivity contribution in [3.63, 3.8) is 0 Å². The van der Waals surface area contributed by atoms with Crippen molar-refractivity contribution in [3.8, 4) is 0 Å². The number of hydrogen-bond acceptors (Lipinski definition) is 7. The molecule has 0 atom stereocenters. The van der Waals surface area contributed by atoms with E-state index >= 15 is 0 Å². The van der Waals surface area contributed by atoms with E-state index in [1.807, 2.05) is 29.3 Å². The van der Waals surface area contributed by atoms with Crippen molar-refractivity contribution in [2.75, 3.05) is 68.7 Å². The van der Waals surface area contributed by atoms with Gasteiger partial charge >= 0.3 is 0 Å². The van der Waals surface area contributed by atoms with Gasteiger partial charge in [-0.15, -0.1) is 0 Å². The summed E-state index contributed by atoms with van der Waals surface area (Å²) in [5.74, 6) is 1.82. The molecule has 2 aliphatic rings. The first-order valence-electron chi connectivity index (χ1n) is 9.99. The highest BCUT2D eigenvalue weighted by molar-refractivity contribution is 5.92. The maximum Gasteiger partial charge on any atom is 0.274 e. The van der Waals surface area contributed by atoms with Crippen molar-refractivity contribution in [2.24, 2.45) is 0 Å². The van der Waals surface area contributed by atoms with Crippen molar-refractivity contribution in [2.45, 2.75) is 6.92 Å². The number of pyridine rings is 1. The van der Waals surface area contributed by atoms with Crippen LogP contribution in [0, 0.1) is 0 Å². The van der Waals surface area contributed by atoms with Crippen LogP contribution in [-0.4, -0.2) is 89.6 Å². The average molecular weight is 381 g/mol. The minimum absolute atomic E-state index is 0.0187. The molecule has 2 aliphatic heterocycles. The van der Waals surface area contributed by atoms with Crippen LogP contribution in [0.2, 0.25) is 0 Å². The Morgan fingerprint density at radius 3 is 2.14 bits per heavy atom. The van der Waals surface area contributed by atoms with Gasteiger partial charge in [-0.1, -0.05) is 13.0 Å². The highest BCUT2D eigenvalue weighted by atomic mass is 16.2. The average Bonchev–Trinajstić information content (AvgIpc) is 2.79. The second-order valence-corrected chi connectivity index (χ2v) is 7.15. The molecular formula is C20H27N7O. The number of carbonyl (C=O) groups excluding carboxylic acids is 1. The van der Waals surface area contributed by atoms with Gasteiger partial charge in [0, 0.05) is 58.6 Å². The van der Waals surface area contributed by atoms with Crippen LogP contribution in [0.4, 0.5) is 11.6 Å². The van der Waals surface area contributed by atoms with Crippen molar-refractivity contribution in [3.05, 3.63) is 42.5 Å². The molecule has 4 rings (SSSR count). The smallest absolute Gasteiger partial charge is 0.274 e. The molecule has 2 saturated heterocycles. The third-order valence-electron chi connectivity index (χ3n) is 5.54. The molecule has 0 radical (unpaired) electrons. The summed E-state index contributed by atoms with van der Waals surface area (Å²) in [7, 11) is 0. The molecule has 0 bridgehead atoms. The van der Waals surface area contributed by atoms with E-state index in [0.29, 0.717) is 5.69 Å². The number of anilines is 2. The number of likely N-dealkylation sites (N-methyl/N-ethyl adjacent to an activating group) is 1. The van der Waals surface area contributed by atoms with Gasteiger partial charge in [-0.25, -0.2) is 15.0 Å². The summed E-state index contributed by atoms with van der Waals surface area (Å²) in [5.41, 5.74) is 0.431. The fourth-order valence-electron chi connectivity index (χ4n) is 3.73. The number of nitrogens with zero attached hydrogens (tertiary/aromatic N) is 7. The second kappa shape index (κ2) is 8.52. The van der Waals surface area contributed by atoms with Crippen LogP contribution in [-0.2, 0) is 0 Å². The van der Waals surface area contributed by atoms with E-state index in [4.69, 9.17) is 0 Å². The van der Waals surface area contributed by atoms with Gasteiger partial charge < -0.3 is 19.6 Å². The topological polar surface area (TPSA) is 68.7 Å². The maximum absolute atomic E-state index is 12.7. The molecule has 8 heteroatoms. The number of carbonyl (C=O) groups is 1. The minimum atomic E-state index is -0.0187. The van der Waals surface area contributed by atoms with Crippen LogP contribution in [0.1, 0.15) is 17.4 Å². The number of hydrogen-bond donors (Lipinski definition) is 0. The molecular weight excluding hydrogens is 354 g/mol. The molecule has 0 aliphatic carbocycles. The Kier molecular flexibility index (Phi) is 5.66. The zero-order chi connectivity index (χ0) is 19.3. The molecule has 28 heavy (non-hydrogen) atoms. The van der Waals surface area contributed by atoms with E-state index < -0.39 is 0 Å². The molecule has 4 heterocycles. The predicted molar refractivity (Wildman–Crippen MR) is 109 cm³/mol. The Labute approximate surface area is 165 Å². The van der Waals surface area contributed by atoms with Gasteiger partial charge in [0.2, 0.25) is 0 Å². The third kappa shape index (κ3) is 4.06. The summed E-state index contributed by atoms with van der Waals surface area (Å²) < 4.78 is 0. The molecule has 1 amide bonds. The summed E-state index contributed by atoms with van der Waals surface area (Å²) in [6, 6.07) is 5.98. The molecule has 8 nitrogen and oxygen atoms in total. The van der Waals surface area contributed by atoms with Gasteiger partial charge in [-0.2, -0.15) is 0 Å². The van der Waals surface area contributed by atoms with Crippen LogP contribution < -0.4 is 9.80 Å². The van der Waals surface area contributed by atoms with Crippen molar-refractivity contribution >= 4 is 17.5 Å². The minimum Gasteiger partial charge on any atom is -0.353 e. The summed E-state index contributed by atoms with van der Waals surface area (Å²) in [6.45, 7) is 10.0. The fraction of sp³-hybridized carbons (Fsp3) is 0.500. The molecule has 0 spiro atoms. The number of amides is 1. The van der Waals surface area contributed by atoms with Crippen LogP contribution >= 0.6 is 0 Å². The van der Waals surface area contributed by atoms with Crippen LogP contribution in [0.15, 0.2) is 36.8 Å². The zero-order valence-corrected chi connectivity index (χ0v) is 16.4. The number of piperazine rings is 2. The molecule has 2 fully saturated rings. The summed E-state index contributed by atoms with van der Waals surface area (Å²) in [5, 5.41) is 0. The summed E-state index contributed by atoms with van der Waals surface area (Å²) in [4.78, 5) is 34.7. The molecule has 0 saturated carbocycles. The Bertz CT molecular complexity index is 767. The standard InChI is InChI=1S/C20H27N7O/c1-2-24-7-9-27(10-8-24)20(28)17-15-23-19(16-22-17)26-13-11-25(12-14-26)18-5-3-4-6-21-18/h3-6,15-16H,2,7-14H2,1H3. The van der Waals surface area contributed by atoms with Gasteiger partial charge in [-0.3, -0.25) is 4.79 Å². The monoisotopic (exact) mass is 381 g/mol. The number of aromatic nitrogens is 3. The largest absolute Gasteiger partial charge is 0.353 e. The summed E-state index contributed by atoms with van der Waals surface area (Å²) in [6.07, 6.45) is 5.17. The molecule has 2 aromatic heterocycles. The first-order chi connectivity index (χ1) is 13.7. The Morgan fingerprint density at radius 1 is 0.857 bits per heavy atom. The lowest BCUT2D eigenvalue weighted by Gasteiger charge is -2.36. The Morgan fingerprint density at radius 2 is 1.57 bits per heavy atom. The molecule has 0 N–H and O–H groups in total. The van der Waals surface area contributed by atoms with Gasteiger partial charge in [0.25, 0.3) is 5.91 Å². The van der Waals surface area contributed by atoms with Crippen LogP contribution in [0.25, 0.3) is 0 Å². The van der Waals surface area contributed by atoms with E-state index in [0.717, 1.165) is 70.5 Å². The van der Waals surface area contributed by atoms with Gasteiger partial charge in [-0.05, 0) is 18.7 Å². The van der Waals surface area contributed by atoms with Crippen molar-refractivity contribution < 1.29 is 4.79 Å². The second-order valence-electron chi connectivity index (χ2n) is 7.15. The SMILES string of the molecule is CCN1CCN(C(=O)c2cnc(N3CCN(c4ccccn4)CC3)cn2)CC1. The highest BCUT2D eigenvalue weighted by Gasteiger charge is 2.23. The lowest BCUT2D eigenvalue weighted by molar-refractivity contribution is 0.0637. The molecule has 0 unspecified atom stereocenters. The predicted octanol–water partition coefficient (Wildman–Crippen LogP) is 0.976. The van der Waals surface area contributed by atoms with E-state index in [-0.39, 0.29) is 5.91 Å². The first-order valence-corrected chi connectivity index (χ1v) is 9.99. The lowest BCUT2D eigenvalue weighted by atomic mass is 10.2. The van der Waals surface area contributed by atoms with Crippen molar-refractivity contribution in [1.82, 2.24) is 24.8 Å². The molecule has 0 aromatic carbocycles. The number of rotatable bonds is 4. The third-order valence-corrected chi connectivity index (χ3v) is 5.54. The Hall–Kier alpha value is -2.74. The van der Waals surface area contributed by atoms with Crippen molar-refractivity contribution in [1.29, 1.82) is 0 Å². The van der Waals surface area contributed by atoms with E-state index in [9.17, 15) is 4.79 Å². The molecule has 148 valence electrons. The molecule has 2 aromatic rings. The van der Waals surface area contributed by atoms with Crippen LogP contribution in [0.5, 0.6) is 0 Å². The maximum atomic E-state index is 12.7. The van der Waals surface area contributed by atoms with Gasteiger partial charge in [0.05, 0.1) is 12.4 Å². The van der Waals surface area contributed by atoms with E-state index in [1.165, 1.54) is 0 Å². The van der Waals surface area contributed by atoms with Gasteiger partial charge in [0.15, 0.2) is 0 Å². The zero-order valence-electron chi connectivity index (χ0n) is 16.4. The first kappa shape index (κ1) is 18.6. The summed E-state index contributed by atoms with van der Waals surface area (Å²) >= 11 is 0. The van der Waals surface area contributed by atoms with Gasteiger partial charge in [0.1, 0.15) is 17.3 Å². The van der Waals surface area contributed by atoms with E-state index in [1.54, 1.807) is 12.4 Å².